The van der Waals surface area contributed by atoms with E-state index in [9.17, 15) is 9.18 Å². The number of anilines is 1. The Morgan fingerprint density at radius 3 is 2.57 bits per heavy atom. The van der Waals surface area contributed by atoms with Crippen LogP contribution in [0.2, 0.25) is 10.0 Å². The largest absolute Gasteiger partial charge is 0.494 e. The zero-order valence-corrected chi connectivity index (χ0v) is 12.6. The van der Waals surface area contributed by atoms with Gasteiger partial charge in [0.2, 0.25) is 0 Å². The number of halogens is 3. The van der Waals surface area contributed by atoms with E-state index in [0.717, 1.165) is 6.07 Å². The van der Waals surface area contributed by atoms with Gasteiger partial charge in [0.15, 0.2) is 17.3 Å². The van der Waals surface area contributed by atoms with Gasteiger partial charge in [-0.25, -0.2) is 4.39 Å². The molecule has 0 bridgehead atoms. The molecule has 2 aromatic rings. The third kappa shape index (κ3) is 3.86. The number of rotatable bonds is 5. The van der Waals surface area contributed by atoms with Gasteiger partial charge >= 0.3 is 0 Å². The Labute approximate surface area is 131 Å². The molecule has 1 N–H and O–H groups in total. The van der Waals surface area contributed by atoms with E-state index in [1.807, 2.05) is 0 Å². The first kappa shape index (κ1) is 15.6. The Balaban J connectivity index is 2.04. The lowest BCUT2D eigenvalue weighted by atomic mass is 10.1. The van der Waals surface area contributed by atoms with Crippen LogP contribution in [0.15, 0.2) is 36.4 Å². The molecule has 0 amide bonds. The van der Waals surface area contributed by atoms with Crippen molar-refractivity contribution in [3.05, 3.63) is 57.8 Å². The van der Waals surface area contributed by atoms with Crippen LogP contribution in [0, 0.1) is 5.82 Å². The molecule has 0 atom stereocenters. The maximum absolute atomic E-state index is 13.5. The third-order valence-electron chi connectivity index (χ3n) is 2.85. The maximum atomic E-state index is 13.5. The van der Waals surface area contributed by atoms with Crippen molar-refractivity contribution in [1.29, 1.82) is 0 Å². The lowest BCUT2D eigenvalue weighted by Crippen LogP contribution is -2.14. The molecule has 0 saturated heterocycles. The molecule has 0 unspecified atom stereocenters. The second kappa shape index (κ2) is 6.78. The maximum Gasteiger partial charge on any atom is 0.181 e. The quantitative estimate of drug-likeness (QED) is 0.825. The monoisotopic (exact) mass is 327 g/mol. The number of ketones is 1. The highest BCUT2D eigenvalue weighted by atomic mass is 35.5. The van der Waals surface area contributed by atoms with Crippen molar-refractivity contribution in [1.82, 2.24) is 0 Å². The molecule has 3 nitrogen and oxygen atoms in total. The fourth-order valence-corrected chi connectivity index (χ4v) is 2.03. The van der Waals surface area contributed by atoms with E-state index in [0.29, 0.717) is 15.7 Å². The smallest absolute Gasteiger partial charge is 0.181 e. The fourth-order valence-electron chi connectivity index (χ4n) is 1.73. The van der Waals surface area contributed by atoms with Crippen LogP contribution in [0.1, 0.15) is 10.4 Å². The first-order valence-electron chi connectivity index (χ1n) is 6.07. The summed E-state index contributed by atoms with van der Waals surface area (Å²) < 4.78 is 18.3. The van der Waals surface area contributed by atoms with Crippen molar-refractivity contribution >= 4 is 34.7 Å². The Morgan fingerprint density at radius 1 is 1.19 bits per heavy atom. The summed E-state index contributed by atoms with van der Waals surface area (Å²) in [4.78, 5) is 12.0. The molecule has 0 saturated carbocycles. The van der Waals surface area contributed by atoms with Crippen molar-refractivity contribution in [2.45, 2.75) is 0 Å². The van der Waals surface area contributed by atoms with Crippen LogP contribution in [0.4, 0.5) is 10.1 Å². The average molecular weight is 328 g/mol. The standard InChI is InChI=1S/C15H12Cl2FNO2/c1-21-15-5-2-9(6-13(15)18)14(20)8-19-10-3-4-11(16)12(17)7-10/h2-7,19H,8H2,1H3. The minimum Gasteiger partial charge on any atom is -0.494 e. The molecule has 0 spiro atoms. The number of carbonyl (C=O) groups excluding carboxylic acids is 1. The summed E-state index contributed by atoms with van der Waals surface area (Å²) in [7, 11) is 1.37. The van der Waals surface area contributed by atoms with E-state index in [1.54, 1.807) is 18.2 Å². The highest BCUT2D eigenvalue weighted by Crippen LogP contribution is 2.25. The minimum atomic E-state index is -0.571. The summed E-state index contributed by atoms with van der Waals surface area (Å²) in [5.41, 5.74) is 0.924. The van der Waals surface area contributed by atoms with Gasteiger partial charge in [0.05, 0.1) is 23.7 Å². The van der Waals surface area contributed by atoms with E-state index in [1.165, 1.54) is 19.2 Å². The summed E-state index contributed by atoms with van der Waals surface area (Å²) in [6.07, 6.45) is 0. The zero-order valence-electron chi connectivity index (χ0n) is 11.1. The Bertz CT molecular complexity index is 677. The van der Waals surface area contributed by atoms with Crippen molar-refractivity contribution < 1.29 is 13.9 Å². The van der Waals surface area contributed by atoms with Crippen molar-refractivity contribution in [2.24, 2.45) is 0 Å². The van der Waals surface area contributed by atoms with Crippen LogP contribution in [-0.4, -0.2) is 19.4 Å². The topological polar surface area (TPSA) is 38.3 Å². The molecular formula is C15H12Cl2FNO2. The molecule has 0 heterocycles. The summed E-state index contributed by atoms with van der Waals surface area (Å²) in [6.45, 7) is 0.0176. The van der Waals surface area contributed by atoms with Gasteiger partial charge in [0.1, 0.15) is 0 Å². The minimum absolute atomic E-state index is 0.0176. The van der Waals surface area contributed by atoms with Gasteiger partial charge in [-0.3, -0.25) is 4.79 Å². The molecule has 2 aromatic carbocycles. The summed E-state index contributed by atoms with van der Waals surface area (Å²) >= 11 is 11.7. The van der Waals surface area contributed by atoms with Gasteiger partial charge in [-0.05, 0) is 36.4 Å². The van der Waals surface area contributed by atoms with Gasteiger partial charge in [-0.1, -0.05) is 23.2 Å². The molecule has 0 aliphatic heterocycles. The number of hydrogen-bond donors (Lipinski definition) is 1. The predicted molar refractivity (Wildman–Crippen MR) is 82.2 cm³/mol. The third-order valence-corrected chi connectivity index (χ3v) is 3.59. The molecule has 0 aliphatic rings. The molecule has 21 heavy (non-hydrogen) atoms. The predicted octanol–water partition coefficient (Wildman–Crippen LogP) is 4.44. The Hall–Kier alpha value is -1.78. The van der Waals surface area contributed by atoms with E-state index in [-0.39, 0.29) is 23.6 Å². The van der Waals surface area contributed by atoms with Gasteiger partial charge in [0.25, 0.3) is 0 Å². The average Bonchev–Trinajstić information content (AvgIpc) is 2.48. The van der Waals surface area contributed by atoms with Crippen molar-refractivity contribution in [3.8, 4) is 5.75 Å². The second-order valence-electron chi connectivity index (χ2n) is 4.25. The van der Waals surface area contributed by atoms with E-state index < -0.39 is 5.82 Å². The van der Waals surface area contributed by atoms with E-state index in [2.05, 4.69) is 5.32 Å². The van der Waals surface area contributed by atoms with E-state index >= 15 is 0 Å². The number of hydrogen-bond acceptors (Lipinski definition) is 3. The number of Topliss-reactive ketones (excluding diaryl/α,β-unsaturated/α-hetero) is 1. The Kier molecular flexibility index (Phi) is 5.04. The van der Waals surface area contributed by atoms with Gasteiger partial charge < -0.3 is 10.1 Å². The van der Waals surface area contributed by atoms with Crippen LogP contribution in [-0.2, 0) is 0 Å². The summed E-state index contributed by atoms with van der Waals surface area (Å²) in [5, 5.41) is 3.74. The van der Waals surface area contributed by atoms with Gasteiger partial charge in [-0.2, -0.15) is 0 Å². The van der Waals surface area contributed by atoms with Crippen LogP contribution in [0.25, 0.3) is 0 Å². The highest BCUT2D eigenvalue weighted by Gasteiger charge is 2.10. The summed E-state index contributed by atoms with van der Waals surface area (Å²) in [5.74, 6) is -0.718. The van der Waals surface area contributed by atoms with Crippen molar-refractivity contribution in [2.75, 3.05) is 19.0 Å². The molecule has 0 aliphatic carbocycles. The first-order valence-corrected chi connectivity index (χ1v) is 6.82. The van der Waals surface area contributed by atoms with E-state index in [4.69, 9.17) is 27.9 Å². The van der Waals surface area contributed by atoms with Gasteiger partial charge in [-0.15, -0.1) is 0 Å². The number of nitrogens with one attached hydrogen (secondary N) is 1. The molecule has 110 valence electrons. The lowest BCUT2D eigenvalue weighted by Gasteiger charge is -2.08. The fraction of sp³-hybridized carbons (Fsp3) is 0.133. The molecule has 0 fully saturated rings. The first-order chi connectivity index (χ1) is 10.0. The molecule has 0 radical (unpaired) electrons. The van der Waals surface area contributed by atoms with Crippen LogP contribution >= 0.6 is 23.2 Å². The zero-order chi connectivity index (χ0) is 15.4. The van der Waals surface area contributed by atoms with Gasteiger partial charge in [0, 0.05) is 11.3 Å². The SMILES string of the molecule is COc1ccc(C(=O)CNc2ccc(Cl)c(Cl)c2)cc1F. The molecular weight excluding hydrogens is 316 g/mol. The number of carbonyl (C=O) groups is 1. The molecule has 2 rings (SSSR count). The number of benzene rings is 2. The van der Waals surface area contributed by atoms with Crippen LogP contribution in [0.3, 0.4) is 0 Å². The highest BCUT2D eigenvalue weighted by molar-refractivity contribution is 6.42. The number of methoxy groups -OCH3 is 1. The molecule has 6 heteroatoms. The van der Waals surface area contributed by atoms with Crippen LogP contribution in [0.5, 0.6) is 5.75 Å². The summed E-state index contributed by atoms with van der Waals surface area (Å²) in [6, 6.07) is 9.03. The normalized spacial score (nSPS) is 10.3. The lowest BCUT2D eigenvalue weighted by molar-refractivity contribution is 0.101. The Morgan fingerprint density at radius 2 is 1.95 bits per heavy atom. The van der Waals surface area contributed by atoms with Crippen LogP contribution < -0.4 is 10.1 Å². The molecule has 0 aromatic heterocycles. The van der Waals surface area contributed by atoms with Crippen molar-refractivity contribution in [3.63, 3.8) is 0 Å². The number of ether oxygens (including phenoxy) is 1. The second-order valence-corrected chi connectivity index (χ2v) is 5.07.